The Hall–Kier alpha value is -1.39. The number of rotatable bonds is 6. The van der Waals surface area contributed by atoms with E-state index in [2.05, 4.69) is 80.5 Å². The summed E-state index contributed by atoms with van der Waals surface area (Å²) in [5.41, 5.74) is 3.65. The summed E-state index contributed by atoms with van der Waals surface area (Å²) in [6.07, 6.45) is 1.13. The van der Waals surface area contributed by atoms with Gasteiger partial charge in [0.15, 0.2) is 5.11 Å². The number of benzene rings is 1. The molecule has 0 bridgehead atoms. The molecule has 1 unspecified atom stereocenters. The van der Waals surface area contributed by atoms with Crippen LogP contribution in [0.5, 0.6) is 0 Å². The highest BCUT2D eigenvalue weighted by Gasteiger charge is 2.20. The van der Waals surface area contributed by atoms with Gasteiger partial charge in [-0.2, -0.15) is 0 Å². The van der Waals surface area contributed by atoms with Gasteiger partial charge in [-0.25, -0.2) is 0 Å². The van der Waals surface area contributed by atoms with Crippen LogP contribution in [0, 0.1) is 19.8 Å². The number of thiophene rings is 1. The van der Waals surface area contributed by atoms with Crippen molar-refractivity contribution in [3.8, 4) is 0 Å². The third-order valence-electron chi connectivity index (χ3n) is 4.39. The molecule has 0 saturated carbocycles. The quantitative estimate of drug-likeness (QED) is 0.620. The standard InChI is InChI=1S/C20H28N2S2/c1-14(2)10-11-22(17(5)19-7-6-12-24-19)20(23)21-18-9-8-15(3)16(4)13-18/h6-9,12-14,17H,10-11H2,1-5H3,(H,21,23). The number of thiocarbonyl (C=S) groups is 1. The Labute approximate surface area is 155 Å². The van der Waals surface area contributed by atoms with Gasteiger partial charge in [-0.1, -0.05) is 26.0 Å². The molecular weight excluding hydrogens is 332 g/mol. The van der Waals surface area contributed by atoms with E-state index < -0.39 is 0 Å². The summed E-state index contributed by atoms with van der Waals surface area (Å²) >= 11 is 7.55. The van der Waals surface area contributed by atoms with E-state index in [9.17, 15) is 0 Å². The van der Waals surface area contributed by atoms with Crippen molar-refractivity contribution < 1.29 is 0 Å². The molecule has 1 heterocycles. The van der Waals surface area contributed by atoms with Gasteiger partial charge in [-0.05, 0) is 80.0 Å². The van der Waals surface area contributed by atoms with E-state index in [1.807, 2.05) is 0 Å². The summed E-state index contributed by atoms with van der Waals surface area (Å²) < 4.78 is 0. The summed E-state index contributed by atoms with van der Waals surface area (Å²) in [5.74, 6) is 0.660. The number of aryl methyl sites for hydroxylation is 2. The molecule has 0 saturated heterocycles. The van der Waals surface area contributed by atoms with Crippen molar-refractivity contribution in [2.24, 2.45) is 5.92 Å². The Morgan fingerprint density at radius 1 is 1.17 bits per heavy atom. The van der Waals surface area contributed by atoms with Crippen molar-refractivity contribution in [1.29, 1.82) is 0 Å². The van der Waals surface area contributed by atoms with E-state index in [1.165, 1.54) is 16.0 Å². The largest absolute Gasteiger partial charge is 0.341 e. The van der Waals surface area contributed by atoms with E-state index in [4.69, 9.17) is 12.2 Å². The van der Waals surface area contributed by atoms with Crippen molar-refractivity contribution in [3.63, 3.8) is 0 Å². The minimum atomic E-state index is 0.287. The van der Waals surface area contributed by atoms with Gasteiger partial charge in [-0.15, -0.1) is 11.3 Å². The van der Waals surface area contributed by atoms with Crippen LogP contribution in [0.15, 0.2) is 35.7 Å². The fourth-order valence-electron chi connectivity index (χ4n) is 2.57. The third kappa shape index (κ3) is 5.05. The number of anilines is 1. The van der Waals surface area contributed by atoms with Crippen LogP contribution in [0.1, 0.15) is 49.2 Å². The molecule has 1 aromatic heterocycles. The molecule has 2 nitrogen and oxygen atoms in total. The van der Waals surface area contributed by atoms with E-state index in [-0.39, 0.29) is 6.04 Å². The number of hydrogen-bond donors (Lipinski definition) is 1. The topological polar surface area (TPSA) is 15.3 Å². The van der Waals surface area contributed by atoms with Crippen LogP contribution in [0.3, 0.4) is 0 Å². The molecule has 130 valence electrons. The fraction of sp³-hybridized carbons (Fsp3) is 0.450. The van der Waals surface area contributed by atoms with Gasteiger partial charge in [0, 0.05) is 17.1 Å². The molecule has 0 fully saturated rings. The second-order valence-corrected chi connectivity index (χ2v) is 8.16. The minimum Gasteiger partial charge on any atom is -0.341 e. The average molecular weight is 361 g/mol. The van der Waals surface area contributed by atoms with Crippen molar-refractivity contribution in [3.05, 3.63) is 51.7 Å². The zero-order valence-corrected chi connectivity index (χ0v) is 16.9. The first-order valence-corrected chi connectivity index (χ1v) is 9.85. The lowest BCUT2D eigenvalue weighted by Gasteiger charge is -2.32. The summed E-state index contributed by atoms with van der Waals surface area (Å²) in [5, 5.41) is 6.38. The predicted molar refractivity (Wildman–Crippen MR) is 111 cm³/mol. The van der Waals surface area contributed by atoms with Gasteiger partial charge in [0.25, 0.3) is 0 Å². The lowest BCUT2D eigenvalue weighted by molar-refractivity contribution is 0.322. The SMILES string of the molecule is Cc1ccc(NC(=S)N(CCC(C)C)C(C)c2cccs2)cc1C. The van der Waals surface area contributed by atoms with E-state index >= 15 is 0 Å². The smallest absolute Gasteiger partial charge is 0.173 e. The first-order chi connectivity index (χ1) is 11.4. The van der Waals surface area contributed by atoms with Gasteiger partial charge in [0.05, 0.1) is 6.04 Å². The first kappa shape index (κ1) is 18.9. The van der Waals surface area contributed by atoms with Gasteiger partial charge >= 0.3 is 0 Å². The maximum atomic E-state index is 5.76. The zero-order valence-electron chi connectivity index (χ0n) is 15.3. The highest BCUT2D eigenvalue weighted by Crippen LogP contribution is 2.26. The van der Waals surface area contributed by atoms with Crippen LogP contribution in [0.2, 0.25) is 0 Å². The number of nitrogens with zero attached hydrogens (tertiary/aromatic N) is 1. The maximum absolute atomic E-state index is 5.76. The van der Waals surface area contributed by atoms with Gasteiger partial charge in [-0.3, -0.25) is 0 Å². The van der Waals surface area contributed by atoms with E-state index in [1.54, 1.807) is 11.3 Å². The van der Waals surface area contributed by atoms with Crippen LogP contribution < -0.4 is 5.32 Å². The van der Waals surface area contributed by atoms with Gasteiger partial charge < -0.3 is 10.2 Å². The summed E-state index contributed by atoms with van der Waals surface area (Å²) in [4.78, 5) is 3.67. The third-order valence-corrected chi connectivity index (χ3v) is 5.77. The predicted octanol–water partition coefficient (Wildman–Crippen LogP) is 6.17. The Balaban J connectivity index is 2.15. The van der Waals surface area contributed by atoms with Crippen LogP contribution in [0.4, 0.5) is 5.69 Å². The molecule has 0 radical (unpaired) electrons. The van der Waals surface area contributed by atoms with E-state index in [0.29, 0.717) is 5.92 Å². The molecule has 0 aliphatic heterocycles. The molecule has 24 heavy (non-hydrogen) atoms. The Morgan fingerprint density at radius 3 is 2.50 bits per heavy atom. The maximum Gasteiger partial charge on any atom is 0.173 e. The number of nitrogens with one attached hydrogen (secondary N) is 1. The van der Waals surface area contributed by atoms with Gasteiger partial charge in [0.1, 0.15) is 0 Å². The van der Waals surface area contributed by atoms with Crippen molar-refractivity contribution in [2.75, 3.05) is 11.9 Å². The average Bonchev–Trinajstić information content (AvgIpc) is 3.05. The molecule has 0 amide bonds. The second-order valence-electron chi connectivity index (χ2n) is 6.80. The van der Waals surface area contributed by atoms with Crippen LogP contribution >= 0.6 is 23.6 Å². The summed E-state index contributed by atoms with van der Waals surface area (Å²) in [6.45, 7) is 12.0. The van der Waals surface area contributed by atoms with Crippen LogP contribution in [-0.2, 0) is 0 Å². The van der Waals surface area contributed by atoms with Gasteiger partial charge in [0.2, 0.25) is 0 Å². The molecule has 1 aromatic carbocycles. The van der Waals surface area contributed by atoms with Crippen molar-refractivity contribution in [2.45, 2.75) is 47.1 Å². The highest BCUT2D eigenvalue weighted by molar-refractivity contribution is 7.80. The summed E-state index contributed by atoms with van der Waals surface area (Å²) in [7, 11) is 0. The molecule has 0 spiro atoms. The van der Waals surface area contributed by atoms with Crippen molar-refractivity contribution >= 4 is 34.4 Å². The molecular formula is C20H28N2S2. The summed E-state index contributed by atoms with van der Waals surface area (Å²) in [6, 6.07) is 11.0. The number of hydrogen-bond acceptors (Lipinski definition) is 2. The second kappa shape index (κ2) is 8.63. The van der Waals surface area contributed by atoms with Crippen LogP contribution in [0.25, 0.3) is 0 Å². The lowest BCUT2D eigenvalue weighted by Crippen LogP contribution is -2.37. The Bertz CT molecular complexity index is 662. The molecule has 4 heteroatoms. The first-order valence-electron chi connectivity index (χ1n) is 8.56. The molecule has 2 aromatic rings. The molecule has 2 rings (SSSR count). The fourth-order valence-corrected chi connectivity index (χ4v) is 3.73. The van der Waals surface area contributed by atoms with Crippen molar-refractivity contribution in [1.82, 2.24) is 4.90 Å². The molecule has 1 atom stereocenters. The molecule has 1 N–H and O–H groups in total. The highest BCUT2D eigenvalue weighted by atomic mass is 32.1. The van der Waals surface area contributed by atoms with E-state index in [0.717, 1.165) is 23.8 Å². The zero-order chi connectivity index (χ0) is 17.7. The minimum absolute atomic E-state index is 0.287. The Kier molecular flexibility index (Phi) is 6.81. The van der Waals surface area contributed by atoms with Crippen LogP contribution in [-0.4, -0.2) is 16.6 Å². The normalized spacial score (nSPS) is 12.2. The lowest BCUT2D eigenvalue weighted by atomic mass is 10.1. The monoisotopic (exact) mass is 360 g/mol. The Morgan fingerprint density at radius 2 is 1.92 bits per heavy atom. The molecule has 0 aliphatic carbocycles. The molecule has 0 aliphatic rings.